The van der Waals surface area contributed by atoms with Crippen molar-refractivity contribution >= 4 is 11.9 Å². The first-order chi connectivity index (χ1) is 10.0. The minimum absolute atomic E-state index is 0.0203. The molecule has 1 aliphatic rings. The molecule has 1 rings (SSSR count). The van der Waals surface area contributed by atoms with Gasteiger partial charge < -0.3 is 18.9 Å². The van der Waals surface area contributed by atoms with Gasteiger partial charge in [0.25, 0.3) is 0 Å². The van der Waals surface area contributed by atoms with E-state index < -0.39 is 30.4 Å². The van der Waals surface area contributed by atoms with E-state index in [1.165, 1.54) is 13.8 Å². The van der Waals surface area contributed by atoms with E-state index in [0.29, 0.717) is 6.61 Å². The van der Waals surface area contributed by atoms with Gasteiger partial charge in [-0.1, -0.05) is 19.8 Å². The van der Waals surface area contributed by atoms with Gasteiger partial charge in [-0.2, -0.15) is 0 Å². The van der Waals surface area contributed by atoms with E-state index in [9.17, 15) is 9.59 Å². The largest absolute Gasteiger partial charge is 0.463 e. The number of hydrogen-bond donors (Lipinski definition) is 0. The molecule has 120 valence electrons. The Hall–Kier alpha value is -1.40. The Morgan fingerprint density at radius 1 is 1.14 bits per heavy atom. The molecular formula is C15H24O6. The van der Waals surface area contributed by atoms with Gasteiger partial charge in [-0.05, 0) is 18.6 Å². The summed E-state index contributed by atoms with van der Waals surface area (Å²) in [6.45, 7) is 5.38. The number of carbonyl (C=O) groups excluding carboxylic acids is 2. The molecule has 0 saturated carbocycles. The average Bonchev–Trinajstić information content (AvgIpc) is 2.42. The fourth-order valence-electron chi connectivity index (χ4n) is 1.91. The summed E-state index contributed by atoms with van der Waals surface area (Å²) in [5, 5.41) is 0. The van der Waals surface area contributed by atoms with Gasteiger partial charge >= 0.3 is 11.9 Å². The molecule has 3 unspecified atom stereocenters. The third-order valence-electron chi connectivity index (χ3n) is 2.92. The van der Waals surface area contributed by atoms with Crippen LogP contribution in [0.15, 0.2) is 12.2 Å². The highest BCUT2D eigenvalue weighted by Gasteiger charge is 2.30. The van der Waals surface area contributed by atoms with Crippen LogP contribution >= 0.6 is 0 Å². The molecule has 6 nitrogen and oxygen atoms in total. The maximum atomic E-state index is 11.1. The Morgan fingerprint density at radius 2 is 1.90 bits per heavy atom. The van der Waals surface area contributed by atoms with Crippen LogP contribution in [0.5, 0.6) is 0 Å². The number of carbonyl (C=O) groups is 2. The highest BCUT2D eigenvalue weighted by atomic mass is 16.7. The fourth-order valence-corrected chi connectivity index (χ4v) is 1.91. The monoisotopic (exact) mass is 300 g/mol. The van der Waals surface area contributed by atoms with Gasteiger partial charge in [0.2, 0.25) is 0 Å². The van der Waals surface area contributed by atoms with Gasteiger partial charge in [0, 0.05) is 13.8 Å². The predicted molar refractivity (Wildman–Crippen MR) is 75.5 cm³/mol. The molecule has 0 aromatic carbocycles. The molecule has 1 aliphatic heterocycles. The van der Waals surface area contributed by atoms with Crippen LogP contribution in [-0.2, 0) is 28.5 Å². The van der Waals surface area contributed by atoms with Crippen LogP contribution < -0.4 is 0 Å². The molecule has 6 heteroatoms. The van der Waals surface area contributed by atoms with E-state index in [4.69, 9.17) is 18.9 Å². The zero-order chi connectivity index (χ0) is 15.7. The SMILES string of the molecule is CCCCCOC1C=CC(OC(C)=O)C(COC(C)=O)O1. The van der Waals surface area contributed by atoms with Gasteiger partial charge in [-0.3, -0.25) is 9.59 Å². The van der Waals surface area contributed by atoms with Crippen molar-refractivity contribution in [2.75, 3.05) is 13.2 Å². The number of unbranched alkanes of at least 4 members (excludes halogenated alkanes) is 2. The van der Waals surface area contributed by atoms with E-state index in [1.54, 1.807) is 12.2 Å². The van der Waals surface area contributed by atoms with Gasteiger partial charge in [0.15, 0.2) is 6.29 Å². The second-order valence-electron chi connectivity index (χ2n) is 4.88. The Balaban J connectivity index is 2.51. The molecule has 1 heterocycles. The number of hydrogen-bond acceptors (Lipinski definition) is 6. The lowest BCUT2D eigenvalue weighted by molar-refractivity contribution is -0.197. The van der Waals surface area contributed by atoms with Gasteiger partial charge in [-0.15, -0.1) is 0 Å². The normalized spacial score (nSPS) is 24.6. The summed E-state index contributed by atoms with van der Waals surface area (Å²) in [7, 11) is 0. The Kier molecular flexibility index (Phi) is 8.00. The maximum absolute atomic E-state index is 11.1. The Labute approximate surface area is 125 Å². The molecule has 0 bridgehead atoms. The highest BCUT2D eigenvalue weighted by molar-refractivity contribution is 5.66. The van der Waals surface area contributed by atoms with Crippen LogP contribution in [0.3, 0.4) is 0 Å². The lowest BCUT2D eigenvalue weighted by Gasteiger charge is -2.31. The van der Waals surface area contributed by atoms with E-state index >= 15 is 0 Å². The van der Waals surface area contributed by atoms with Crippen molar-refractivity contribution in [3.8, 4) is 0 Å². The van der Waals surface area contributed by atoms with Gasteiger partial charge in [0.05, 0.1) is 6.61 Å². The Morgan fingerprint density at radius 3 is 2.52 bits per heavy atom. The number of rotatable bonds is 8. The Bertz CT molecular complexity index is 365. The fraction of sp³-hybridized carbons (Fsp3) is 0.733. The van der Waals surface area contributed by atoms with Crippen molar-refractivity contribution < 1.29 is 28.5 Å². The van der Waals surface area contributed by atoms with Crippen molar-refractivity contribution in [3.05, 3.63) is 12.2 Å². The average molecular weight is 300 g/mol. The summed E-state index contributed by atoms with van der Waals surface area (Å²) in [6, 6.07) is 0. The minimum atomic E-state index is -0.572. The third kappa shape index (κ3) is 7.24. The quantitative estimate of drug-likeness (QED) is 0.388. The predicted octanol–water partition coefficient (Wildman–Crippen LogP) is 1.97. The van der Waals surface area contributed by atoms with E-state index in [-0.39, 0.29) is 6.61 Å². The van der Waals surface area contributed by atoms with Crippen LogP contribution in [0.1, 0.15) is 40.0 Å². The molecule has 0 saturated heterocycles. The minimum Gasteiger partial charge on any atom is -0.463 e. The molecule has 0 aliphatic carbocycles. The lowest BCUT2D eigenvalue weighted by atomic mass is 10.1. The summed E-state index contributed by atoms with van der Waals surface area (Å²) in [5.41, 5.74) is 0. The van der Waals surface area contributed by atoms with Crippen molar-refractivity contribution in [1.82, 2.24) is 0 Å². The van der Waals surface area contributed by atoms with Crippen molar-refractivity contribution in [3.63, 3.8) is 0 Å². The second kappa shape index (κ2) is 9.52. The zero-order valence-electron chi connectivity index (χ0n) is 12.9. The smallest absolute Gasteiger partial charge is 0.303 e. The van der Waals surface area contributed by atoms with Crippen LogP contribution in [-0.4, -0.2) is 43.7 Å². The first-order valence-electron chi connectivity index (χ1n) is 7.29. The molecule has 0 aromatic heterocycles. The number of esters is 2. The van der Waals surface area contributed by atoms with E-state index in [2.05, 4.69) is 6.92 Å². The molecule has 0 spiro atoms. The van der Waals surface area contributed by atoms with Crippen LogP contribution in [0.25, 0.3) is 0 Å². The van der Waals surface area contributed by atoms with Gasteiger partial charge in [0.1, 0.15) is 18.8 Å². The molecule has 21 heavy (non-hydrogen) atoms. The second-order valence-corrected chi connectivity index (χ2v) is 4.88. The lowest BCUT2D eigenvalue weighted by Crippen LogP contribution is -2.42. The summed E-state index contributed by atoms with van der Waals surface area (Å²) < 4.78 is 21.3. The van der Waals surface area contributed by atoms with Crippen molar-refractivity contribution in [2.24, 2.45) is 0 Å². The molecule has 0 radical (unpaired) electrons. The number of ether oxygens (including phenoxy) is 4. The van der Waals surface area contributed by atoms with E-state index in [1.807, 2.05) is 0 Å². The molecule has 3 atom stereocenters. The van der Waals surface area contributed by atoms with Crippen molar-refractivity contribution in [1.29, 1.82) is 0 Å². The maximum Gasteiger partial charge on any atom is 0.303 e. The summed E-state index contributed by atoms with van der Waals surface area (Å²) in [4.78, 5) is 22.0. The van der Waals surface area contributed by atoms with E-state index in [0.717, 1.165) is 19.3 Å². The molecular weight excluding hydrogens is 276 g/mol. The van der Waals surface area contributed by atoms with Gasteiger partial charge in [-0.25, -0.2) is 0 Å². The molecule has 0 N–H and O–H groups in total. The highest BCUT2D eigenvalue weighted by Crippen LogP contribution is 2.18. The van der Waals surface area contributed by atoms with Crippen LogP contribution in [0.4, 0.5) is 0 Å². The third-order valence-corrected chi connectivity index (χ3v) is 2.92. The topological polar surface area (TPSA) is 71.1 Å². The summed E-state index contributed by atoms with van der Waals surface area (Å²) in [6.07, 6.45) is 4.97. The summed E-state index contributed by atoms with van der Waals surface area (Å²) >= 11 is 0. The standard InChI is InChI=1S/C15H24O6/c1-4-5-6-9-18-15-8-7-13(20-12(3)17)14(21-15)10-19-11(2)16/h7-8,13-15H,4-6,9-10H2,1-3H3. The first-order valence-corrected chi connectivity index (χ1v) is 7.29. The van der Waals surface area contributed by atoms with Crippen molar-refractivity contribution in [2.45, 2.75) is 58.5 Å². The summed E-state index contributed by atoms with van der Waals surface area (Å²) in [5.74, 6) is -0.821. The molecule has 0 aromatic rings. The zero-order valence-corrected chi connectivity index (χ0v) is 12.9. The molecule has 0 fully saturated rings. The van der Waals surface area contributed by atoms with Crippen LogP contribution in [0.2, 0.25) is 0 Å². The molecule has 0 amide bonds. The first kappa shape index (κ1) is 17.7. The van der Waals surface area contributed by atoms with Crippen LogP contribution in [0, 0.1) is 0 Å².